The number of aliphatic imine (C=N–C) groups is 1. The summed E-state index contributed by atoms with van der Waals surface area (Å²) in [6.45, 7) is 5.55. The summed E-state index contributed by atoms with van der Waals surface area (Å²) in [7, 11) is -1.59. The van der Waals surface area contributed by atoms with Gasteiger partial charge in [-0.05, 0) is 43.7 Å². The number of nitrogens with zero attached hydrogens (tertiary/aromatic N) is 1. The zero-order chi connectivity index (χ0) is 20.6. The first kappa shape index (κ1) is 25.0. The van der Waals surface area contributed by atoms with Gasteiger partial charge in [-0.2, -0.15) is 0 Å². The average Bonchev–Trinajstić information content (AvgIpc) is 2.66. The smallest absolute Gasteiger partial charge is 0.196 e. The summed E-state index contributed by atoms with van der Waals surface area (Å²) < 4.78 is 34.0. The lowest BCUT2D eigenvalue weighted by molar-refractivity contribution is 0.311. The number of halogens is 1. The van der Waals surface area contributed by atoms with Crippen LogP contribution in [-0.4, -0.2) is 40.9 Å². The van der Waals surface area contributed by atoms with Crippen LogP contribution in [0, 0.1) is 0 Å². The number of benzene rings is 2. The maximum atomic E-state index is 11.6. The van der Waals surface area contributed by atoms with E-state index in [0.29, 0.717) is 42.1 Å². The van der Waals surface area contributed by atoms with Gasteiger partial charge in [-0.15, -0.1) is 24.0 Å². The summed E-state index contributed by atoms with van der Waals surface area (Å²) in [5, 5.41) is 6.43. The van der Waals surface area contributed by atoms with Crippen LogP contribution in [0.15, 0.2) is 52.4 Å². The van der Waals surface area contributed by atoms with Crippen LogP contribution in [0.25, 0.3) is 0 Å². The number of nitrogens with one attached hydrogen (secondary N) is 2. The van der Waals surface area contributed by atoms with Gasteiger partial charge in [0.2, 0.25) is 0 Å². The third kappa shape index (κ3) is 7.73. The van der Waals surface area contributed by atoms with Crippen LogP contribution in [-0.2, 0) is 16.4 Å². The summed E-state index contributed by atoms with van der Waals surface area (Å²) in [5.74, 6) is 1.94. The molecule has 0 aliphatic carbocycles. The van der Waals surface area contributed by atoms with E-state index in [1.165, 1.54) is 6.26 Å². The average molecular weight is 533 g/mol. The molecule has 7 nitrogen and oxygen atoms in total. The molecule has 2 rings (SSSR count). The SMILES string of the molecule is CCNC(=NCc1ccc(S(C)(=O)=O)cc1)Nc1ccc(OC)c(OCC)c1.I. The fourth-order valence-electron chi connectivity index (χ4n) is 2.48. The normalized spacial score (nSPS) is 11.4. The van der Waals surface area contributed by atoms with Crippen LogP contribution in [0.1, 0.15) is 19.4 Å². The third-order valence-electron chi connectivity index (χ3n) is 3.84. The first-order valence-electron chi connectivity index (χ1n) is 9.02. The Balaban J connectivity index is 0.00000420. The molecule has 0 spiro atoms. The Bertz CT molecular complexity index is 916. The number of guanidine groups is 1. The number of anilines is 1. The number of methoxy groups -OCH3 is 1. The highest BCUT2D eigenvalue weighted by atomic mass is 127. The molecule has 0 aromatic heterocycles. The number of rotatable bonds is 8. The van der Waals surface area contributed by atoms with Crippen molar-refractivity contribution in [1.82, 2.24) is 5.32 Å². The Morgan fingerprint density at radius 2 is 1.76 bits per heavy atom. The van der Waals surface area contributed by atoms with Crippen molar-refractivity contribution in [2.45, 2.75) is 25.3 Å². The molecule has 0 aliphatic rings. The van der Waals surface area contributed by atoms with Gasteiger partial charge < -0.3 is 20.1 Å². The standard InChI is InChI=1S/C20H27N3O4S.HI/c1-5-21-20(22-14-15-7-10-17(11-8-15)28(4,24)25)23-16-9-12-18(26-3)19(13-16)27-6-2;/h7-13H,5-6,14H2,1-4H3,(H2,21,22,23);1H. The van der Waals surface area contributed by atoms with Crippen molar-refractivity contribution in [3.05, 3.63) is 48.0 Å². The molecular weight excluding hydrogens is 505 g/mol. The molecule has 29 heavy (non-hydrogen) atoms. The molecule has 2 aromatic rings. The van der Waals surface area contributed by atoms with Gasteiger partial charge >= 0.3 is 0 Å². The second-order valence-electron chi connectivity index (χ2n) is 6.03. The van der Waals surface area contributed by atoms with Crippen LogP contribution in [0.3, 0.4) is 0 Å². The van der Waals surface area contributed by atoms with E-state index >= 15 is 0 Å². The van der Waals surface area contributed by atoms with E-state index in [2.05, 4.69) is 15.6 Å². The van der Waals surface area contributed by atoms with E-state index in [-0.39, 0.29) is 24.0 Å². The molecule has 0 amide bonds. The zero-order valence-corrected chi connectivity index (χ0v) is 20.2. The van der Waals surface area contributed by atoms with Crippen LogP contribution in [0.2, 0.25) is 0 Å². The molecule has 0 bridgehead atoms. The highest BCUT2D eigenvalue weighted by Gasteiger charge is 2.08. The maximum Gasteiger partial charge on any atom is 0.196 e. The van der Waals surface area contributed by atoms with Crippen LogP contribution < -0.4 is 20.1 Å². The molecule has 2 N–H and O–H groups in total. The second-order valence-corrected chi connectivity index (χ2v) is 8.05. The van der Waals surface area contributed by atoms with E-state index in [9.17, 15) is 8.42 Å². The van der Waals surface area contributed by atoms with Crippen molar-refractivity contribution in [3.63, 3.8) is 0 Å². The molecule has 0 aliphatic heterocycles. The van der Waals surface area contributed by atoms with Crippen molar-refractivity contribution in [1.29, 1.82) is 0 Å². The lowest BCUT2D eigenvalue weighted by Crippen LogP contribution is -2.30. The Labute approximate surface area is 189 Å². The van der Waals surface area contributed by atoms with E-state index in [1.807, 2.05) is 32.0 Å². The number of sulfone groups is 1. The lowest BCUT2D eigenvalue weighted by Gasteiger charge is -2.14. The summed E-state index contributed by atoms with van der Waals surface area (Å²) in [6, 6.07) is 12.3. The van der Waals surface area contributed by atoms with Gasteiger partial charge in [0.25, 0.3) is 0 Å². The topological polar surface area (TPSA) is 89.0 Å². The number of hydrogen-bond donors (Lipinski definition) is 2. The van der Waals surface area contributed by atoms with Crippen molar-refractivity contribution >= 4 is 45.5 Å². The predicted molar refractivity (Wildman–Crippen MR) is 128 cm³/mol. The van der Waals surface area contributed by atoms with Gasteiger partial charge in [-0.3, -0.25) is 0 Å². The van der Waals surface area contributed by atoms with Crippen molar-refractivity contribution < 1.29 is 17.9 Å². The van der Waals surface area contributed by atoms with Gasteiger partial charge in [0.05, 0.1) is 25.2 Å². The molecule has 2 aromatic carbocycles. The summed E-state index contributed by atoms with van der Waals surface area (Å²) >= 11 is 0. The Morgan fingerprint density at radius 1 is 1.07 bits per heavy atom. The fraction of sp³-hybridized carbons (Fsp3) is 0.350. The van der Waals surface area contributed by atoms with E-state index in [4.69, 9.17) is 9.47 Å². The maximum absolute atomic E-state index is 11.6. The molecule has 0 saturated heterocycles. The Hall–Kier alpha value is -2.01. The monoisotopic (exact) mass is 533 g/mol. The molecule has 0 heterocycles. The van der Waals surface area contributed by atoms with Crippen LogP contribution >= 0.6 is 24.0 Å². The zero-order valence-electron chi connectivity index (χ0n) is 17.1. The molecule has 0 atom stereocenters. The van der Waals surface area contributed by atoms with Crippen molar-refractivity contribution in [2.75, 3.05) is 31.8 Å². The molecule has 0 radical (unpaired) electrons. The first-order chi connectivity index (χ1) is 13.4. The largest absolute Gasteiger partial charge is 0.493 e. The van der Waals surface area contributed by atoms with Crippen LogP contribution in [0.5, 0.6) is 11.5 Å². The minimum Gasteiger partial charge on any atom is -0.493 e. The van der Waals surface area contributed by atoms with Gasteiger partial charge in [0.1, 0.15) is 0 Å². The molecule has 0 saturated carbocycles. The number of ether oxygens (including phenoxy) is 2. The highest BCUT2D eigenvalue weighted by molar-refractivity contribution is 14.0. The van der Waals surface area contributed by atoms with E-state index < -0.39 is 9.84 Å². The third-order valence-corrected chi connectivity index (χ3v) is 4.97. The summed E-state index contributed by atoms with van der Waals surface area (Å²) in [4.78, 5) is 4.86. The predicted octanol–water partition coefficient (Wildman–Crippen LogP) is 3.69. The Morgan fingerprint density at radius 3 is 2.31 bits per heavy atom. The van der Waals surface area contributed by atoms with Gasteiger partial charge in [-0.1, -0.05) is 12.1 Å². The fourth-order valence-corrected chi connectivity index (χ4v) is 3.11. The summed E-state index contributed by atoms with van der Waals surface area (Å²) in [6.07, 6.45) is 1.19. The van der Waals surface area contributed by atoms with Gasteiger partial charge in [-0.25, -0.2) is 13.4 Å². The molecule has 160 valence electrons. The van der Waals surface area contributed by atoms with E-state index in [0.717, 1.165) is 11.3 Å². The minimum absolute atomic E-state index is 0. The molecule has 0 unspecified atom stereocenters. The first-order valence-corrected chi connectivity index (χ1v) is 10.9. The molecular formula is C20H28IN3O4S. The molecule has 0 fully saturated rings. The minimum atomic E-state index is -3.20. The molecule has 9 heteroatoms. The highest BCUT2D eigenvalue weighted by Crippen LogP contribution is 2.30. The lowest BCUT2D eigenvalue weighted by atomic mass is 10.2. The quantitative estimate of drug-likeness (QED) is 0.306. The van der Waals surface area contributed by atoms with Crippen LogP contribution in [0.4, 0.5) is 5.69 Å². The Kier molecular flexibility index (Phi) is 10.2. The van der Waals surface area contributed by atoms with Gasteiger partial charge in [0, 0.05) is 24.6 Å². The summed E-state index contributed by atoms with van der Waals surface area (Å²) in [5.41, 5.74) is 1.73. The van der Waals surface area contributed by atoms with Crippen molar-refractivity contribution in [2.24, 2.45) is 4.99 Å². The van der Waals surface area contributed by atoms with E-state index in [1.54, 1.807) is 31.4 Å². The van der Waals surface area contributed by atoms with Gasteiger partial charge in [0.15, 0.2) is 27.3 Å². The van der Waals surface area contributed by atoms with Crippen molar-refractivity contribution in [3.8, 4) is 11.5 Å². The second kappa shape index (κ2) is 11.9. The number of hydrogen-bond acceptors (Lipinski definition) is 5.